The fourth-order valence-corrected chi connectivity index (χ4v) is 4.97. The number of piperazine rings is 1. The van der Waals surface area contributed by atoms with Gasteiger partial charge in [-0.3, -0.25) is 14.4 Å². The van der Waals surface area contributed by atoms with E-state index in [1.807, 2.05) is 30.3 Å². The normalized spacial score (nSPS) is 19.6. The van der Waals surface area contributed by atoms with Gasteiger partial charge in [-0.25, -0.2) is 0 Å². The van der Waals surface area contributed by atoms with Crippen molar-refractivity contribution >= 4 is 29.5 Å². The van der Waals surface area contributed by atoms with Crippen LogP contribution in [0.25, 0.3) is 0 Å². The maximum atomic E-state index is 12.7. The maximum absolute atomic E-state index is 12.7. The first-order chi connectivity index (χ1) is 14.5. The monoisotopic (exact) mass is 423 g/mol. The molecule has 0 radical (unpaired) electrons. The van der Waals surface area contributed by atoms with Gasteiger partial charge in [0.1, 0.15) is 12.6 Å². The molecule has 2 heterocycles. The van der Waals surface area contributed by atoms with Crippen LogP contribution in [-0.2, 0) is 16.1 Å². The van der Waals surface area contributed by atoms with Crippen molar-refractivity contribution in [1.82, 2.24) is 15.1 Å². The van der Waals surface area contributed by atoms with Crippen molar-refractivity contribution in [2.45, 2.75) is 25.4 Å². The number of thioether (sulfide) groups is 1. The smallest absolute Gasteiger partial charge is 0.251 e. The molecule has 156 valence electrons. The van der Waals surface area contributed by atoms with Gasteiger partial charge in [0.05, 0.1) is 5.88 Å². The molecule has 2 aromatic rings. The summed E-state index contributed by atoms with van der Waals surface area (Å²) in [7, 11) is 0. The van der Waals surface area contributed by atoms with Crippen LogP contribution >= 0.6 is 11.8 Å². The molecule has 2 aliphatic rings. The minimum atomic E-state index is -0.326. The quantitative estimate of drug-likeness (QED) is 0.775. The third-order valence-corrected chi connectivity index (χ3v) is 6.66. The minimum absolute atomic E-state index is 0.00753. The Labute approximate surface area is 180 Å². The zero-order valence-electron chi connectivity index (χ0n) is 16.9. The highest BCUT2D eigenvalue weighted by molar-refractivity contribution is 7.99. The summed E-state index contributed by atoms with van der Waals surface area (Å²) in [5, 5.41) is 2.98. The molecule has 0 aliphatic carbocycles. The van der Waals surface area contributed by atoms with Gasteiger partial charge in [-0.05, 0) is 29.2 Å². The number of nitrogens with one attached hydrogen (secondary N) is 1. The van der Waals surface area contributed by atoms with E-state index in [-0.39, 0.29) is 36.2 Å². The second-order valence-electron chi connectivity index (χ2n) is 7.79. The first-order valence-electron chi connectivity index (χ1n) is 10.1. The molecule has 7 heteroatoms. The van der Waals surface area contributed by atoms with E-state index in [2.05, 4.69) is 24.4 Å². The van der Waals surface area contributed by atoms with Crippen molar-refractivity contribution in [3.05, 3.63) is 71.3 Å². The zero-order valence-corrected chi connectivity index (χ0v) is 17.7. The van der Waals surface area contributed by atoms with Crippen molar-refractivity contribution in [2.75, 3.05) is 24.7 Å². The molecular formula is C23H25N3O3S. The molecule has 30 heavy (non-hydrogen) atoms. The fourth-order valence-electron chi connectivity index (χ4n) is 3.80. The van der Waals surface area contributed by atoms with Gasteiger partial charge in [-0.2, -0.15) is 0 Å². The van der Waals surface area contributed by atoms with Gasteiger partial charge in [-0.1, -0.05) is 49.4 Å². The summed E-state index contributed by atoms with van der Waals surface area (Å²) in [6, 6.07) is 17.0. The van der Waals surface area contributed by atoms with Crippen LogP contribution in [-0.4, -0.2) is 58.3 Å². The van der Waals surface area contributed by atoms with Crippen LogP contribution in [0.2, 0.25) is 0 Å². The molecule has 6 nitrogen and oxygen atoms in total. The summed E-state index contributed by atoms with van der Waals surface area (Å²) >= 11 is 1.62. The molecule has 3 amide bonds. The van der Waals surface area contributed by atoms with Crippen LogP contribution in [0.1, 0.15) is 34.3 Å². The lowest BCUT2D eigenvalue weighted by atomic mass is 10.0. The second kappa shape index (κ2) is 8.92. The molecule has 0 saturated carbocycles. The molecule has 0 spiro atoms. The van der Waals surface area contributed by atoms with E-state index in [9.17, 15) is 14.4 Å². The van der Waals surface area contributed by atoms with E-state index in [0.717, 1.165) is 5.56 Å². The summed E-state index contributed by atoms with van der Waals surface area (Å²) in [4.78, 5) is 40.7. The third-order valence-electron chi connectivity index (χ3n) is 5.65. The number of hydrogen-bond acceptors (Lipinski definition) is 4. The lowest BCUT2D eigenvalue weighted by molar-refractivity contribution is -0.153. The third kappa shape index (κ3) is 4.36. The average Bonchev–Trinajstić information content (AvgIpc) is 3.27. The van der Waals surface area contributed by atoms with Gasteiger partial charge in [-0.15, -0.1) is 11.8 Å². The average molecular weight is 424 g/mol. The summed E-state index contributed by atoms with van der Waals surface area (Å²) in [6.45, 7) is 3.15. The lowest BCUT2D eigenvalue weighted by Crippen LogP contribution is -2.57. The summed E-state index contributed by atoms with van der Waals surface area (Å²) in [6.07, 6.45) is 0. The molecular weight excluding hydrogens is 398 g/mol. The fraction of sp³-hybridized carbons (Fsp3) is 0.348. The molecule has 0 unspecified atom stereocenters. The van der Waals surface area contributed by atoms with E-state index in [0.29, 0.717) is 30.3 Å². The first-order valence-corrected chi connectivity index (χ1v) is 11.3. The lowest BCUT2D eigenvalue weighted by Gasteiger charge is -2.35. The topological polar surface area (TPSA) is 69.7 Å². The van der Waals surface area contributed by atoms with E-state index in [4.69, 9.17) is 0 Å². The van der Waals surface area contributed by atoms with Gasteiger partial charge in [0.15, 0.2) is 0 Å². The molecule has 1 N–H and O–H groups in total. The first kappa shape index (κ1) is 20.5. The molecule has 4 rings (SSSR count). The largest absolute Gasteiger partial charge is 0.351 e. The number of amides is 3. The number of benzene rings is 2. The molecule has 0 bridgehead atoms. The van der Waals surface area contributed by atoms with Crippen LogP contribution in [0.5, 0.6) is 0 Å². The van der Waals surface area contributed by atoms with Crippen molar-refractivity contribution in [3.63, 3.8) is 0 Å². The van der Waals surface area contributed by atoms with E-state index >= 15 is 0 Å². The standard InChI is InChI=1S/C23H25N3O3S/c1-16(18-5-3-2-4-6-18)11-24-22(28)19-9-7-17(8-10-19)12-25-13-21(27)26-15-30-14-20(26)23(25)29/h2-10,16,20H,11-15H2,1H3,(H,24,28)/t16-,20+/m0/s1. The van der Waals surface area contributed by atoms with E-state index < -0.39 is 0 Å². The molecule has 2 saturated heterocycles. The van der Waals surface area contributed by atoms with E-state index in [1.54, 1.807) is 33.7 Å². The second-order valence-corrected chi connectivity index (χ2v) is 8.79. The predicted octanol–water partition coefficient (Wildman–Crippen LogP) is 2.46. The van der Waals surface area contributed by atoms with Crippen molar-refractivity contribution in [1.29, 1.82) is 0 Å². The highest BCUT2D eigenvalue weighted by Gasteiger charge is 2.42. The van der Waals surface area contributed by atoms with Crippen LogP contribution in [0.4, 0.5) is 0 Å². The van der Waals surface area contributed by atoms with Crippen molar-refractivity contribution in [2.24, 2.45) is 0 Å². The highest BCUT2D eigenvalue weighted by atomic mass is 32.2. The molecule has 0 aromatic heterocycles. The Balaban J connectivity index is 1.33. The molecule has 2 fully saturated rings. The number of carbonyl (C=O) groups is 3. The summed E-state index contributed by atoms with van der Waals surface area (Å²) in [5.74, 6) is 1.40. The van der Waals surface area contributed by atoms with Crippen molar-refractivity contribution in [3.8, 4) is 0 Å². The summed E-state index contributed by atoms with van der Waals surface area (Å²) in [5.41, 5.74) is 2.68. The van der Waals surface area contributed by atoms with Crippen LogP contribution in [0.15, 0.2) is 54.6 Å². The summed E-state index contributed by atoms with van der Waals surface area (Å²) < 4.78 is 0. The number of fused-ring (bicyclic) bond motifs is 1. The Morgan fingerprint density at radius 3 is 2.60 bits per heavy atom. The highest BCUT2D eigenvalue weighted by Crippen LogP contribution is 2.26. The number of nitrogens with zero attached hydrogens (tertiary/aromatic N) is 2. The van der Waals surface area contributed by atoms with Crippen LogP contribution < -0.4 is 5.32 Å². The number of hydrogen-bond donors (Lipinski definition) is 1. The number of rotatable bonds is 6. The maximum Gasteiger partial charge on any atom is 0.251 e. The van der Waals surface area contributed by atoms with Crippen LogP contribution in [0, 0.1) is 0 Å². The molecule has 2 aliphatic heterocycles. The Hall–Kier alpha value is -2.80. The minimum Gasteiger partial charge on any atom is -0.351 e. The number of carbonyl (C=O) groups excluding carboxylic acids is 3. The van der Waals surface area contributed by atoms with Gasteiger partial charge in [0.2, 0.25) is 11.8 Å². The van der Waals surface area contributed by atoms with Gasteiger partial charge in [0.25, 0.3) is 5.91 Å². The Bertz CT molecular complexity index is 932. The van der Waals surface area contributed by atoms with Gasteiger partial charge >= 0.3 is 0 Å². The Morgan fingerprint density at radius 1 is 1.13 bits per heavy atom. The Morgan fingerprint density at radius 2 is 1.87 bits per heavy atom. The van der Waals surface area contributed by atoms with Crippen LogP contribution in [0.3, 0.4) is 0 Å². The molecule has 2 atom stereocenters. The zero-order chi connectivity index (χ0) is 21.1. The predicted molar refractivity (Wildman–Crippen MR) is 117 cm³/mol. The van der Waals surface area contributed by atoms with Gasteiger partial charge in [0, 0.05) is 24.4 Å². The van der Waals surface area contributed by atoms with E-state index in [1.165, 1.54) is 5.56 Å². The molecule has 2 aromatic carbocycles. The van der Waals surface area contributed by atoms with Crippen molar-refractivity contribution < 1.29 is 14.4 Å². The van der Waals surface area contributed by atoms with Gasteiger partial charge < -0.3 is 15.1 Å². The SMILES string of the molecule is C[C@@H](CNC(=O)c1ccc(CN2CC(=O)N3CSC[C@@H]3C2=O)cc1)c1ccccc1. The Kier molecular flexibility index (Phi) is 6.08.